The number of aromatic amines is 1. The number of fused-ring (bicyclic) bond motifs is 5. The number of aliphatic hydroxyl groups excluding tert-OH is 1. The standard InChI is InChI=1S/C19H17N3O2/c1-2-12(23)4-3-5-16-15-11-24-9-8-13(15)19-14-10-20-22-17(14)6-7-18(19)21-16/h2-7,10,23H,1,8-9,11H2,(H,20,22)/b5-3+,12-4+. The van der Waals surface area contributed by atoms with Crippen molar-refractivity contribution in [3.05, 3.63) is 65.7 Å². The fourth-order valence-corrected chi connectivity index (χ4v) is 3.15. The second-order valence-electron chi connectivity index (χ2n) is 5.70. The first-order valence-corrected chi connectivity index (χ1v) is 7.83. The van der Waals surface area contributed by atoms with Crippen LogP contribution in [-0.2, 0) is 17.8 Å². The van der Waals surface area contributed by atoms with Gasteiger partial charge in [0, 0.05) is 16.3 Å². The van der Waals surface area contributed by atoms with E-state index in [0.717, 1.165) is 39.5 Å². The summed E-state index contributed by atoms with van der Waals surface area (Å²) in [5, 5.41) is 18.9. The van der Waals surface area contributed by atoms with Crippen LogP contribution in [0.25, 0.3) is 27.9 Å². The highest BCUT2D eigenvalue weighted by Crippen LogP contribution is 2.32. The van der Waals surface area contributed by atoms with E-state index in [1.165, 1.54) is 11.6 Å². The zero-order valence-corrected chi connectivity index (χ0v) is 13.1. The fraction of sp³-hybridized carbons (Fsp3) is 0.158. The van der Waals surface area contributed by atoms with E-state index in [-0.39, 0.29) is 5.76 Å². The Kier molecular flexibility index (Phi) is 3.63. The molecule has 1 aliphatic rings. The van der Waals surface area contributed by atoms with Crippen molar-refractivity contribution in [2.45, 2.75) is 13.0 Å². The molecule has 0 fully saturated rings. The zero-order valence-electron chi connectivity index (χ0n) is 13.1. The molecule has 0 bridgehead atoms. The number of hydrogen-bond donors (Lipinski definition) is 2. The Bertz CT molecular complexity index is 999. The van der Waals surface area contributed by atoms with Crippen LogP contribution < -0.4 is 0 Å². The van der Waals surface area contributed by atoms with Crippen LogP contribution in [0, 0.1) is 0 Å². The Labute approximate surface area is 139 Å². The number of aromatic nitrogens is 3. The van der Waals surface area contributed by atoms with Gasteiger partial charge >= 0.3 is 0 Å². The van der Waals surface area contributed by atoms with Crippen LogP contribution in [0.1, 0.15) is 16.8 Å². The van der Waals surface area contributed by atoms with Crippen LogP contribution in [0.3, 0.4) is 0 Å². The van der Waals surface area contributed by atoms with Gasteiger partial charge in [-0.3, -0.25) is 5.10 Å². The number of benzene rings is 1. The average molecular weight is 319 g/mol. The maximum Gasteiger partial charge on any atom is 0.114 e. The van der Waals surface area contributed by atoms with E-state index < -0.39 is 0 Å². The summed E-state index contributed by atoms with van der Waals surface area (Å²) in [6, 6.07) is 4.01. The SMILES string of the molecule is C=C/C(O)=C\C=C\c1nc2ccc3[nH]ncc3c2c2c1COCC2. The molecule has 1 aromatic carbocycles. The molecule has 0 saturated carbocycles. The summed E-state index contributed by atoms with van der Waals surface area (Å²) in [6.45, 7) is 4.78. The third kappa shape index (κ3) is 2.39. The van der Waals surface area contributed by atoms with Gasteiger partial charge in [-0.25, -0.2) is 4.98 Å². The molecule has 4 rings (SSSR count). The molecule has 0 amide bonds. The van der Waals surface area contributed by atoms with Gasteiger partial charge in [0.2, 0.25) is 0 Å². The van der Waals surface area contributed by atoms with Gasteiger partial charge < -0.3 is 9.84 Å². The highest BCUT2D eigenvalue weighted by molar-refractivity contribution is 6.07. The molecule has 0 saturated heterocycles. The lowest BCUT2D eigenvalue weighted by Gasteiger charge is -2.20. The number of ether oxygens (including phenoxy) is 1. The fourth-order valence-electron chi connectivity index (χ4n) is 3.15. The Morgan fingerprint density at radius 3 is 3.12 bits per heavy atom. The summed E-state index contributed by atoms with van der Waals surface area (Å²) >= 11 is 0. The molecular formula is C19H17N3O2. The van der Waals surface area contributed by atoms with Crippen molar-refractivity contribution in [3.8, 4) is 0 Å². The Morgan fingerprint density at radius 2 is 2.25 bits per heavy atom. The smallest absolute Gasteiger partial charge is 0.114 e. The molecular weight excluding hydrogens is 302 g/mol. The zero-order chi connectivity index (χ0) is 16.5. The Morgan fingerprint density at radius 1 is 1.33 bits per heavy atom. The van der Waals surface area contributed by atoms with Crippen molar-refractivity contribution in [1.82, 2.24) is 15.2 Å². The van der Waals surface area contributed by atoms with Gasteiger partial charge in [0.1, 0.15) is 5.76 Å². The second kappa shape index (κ2) is 5.94. The van der Waals surface area contributed by atoms with Crippen molar-refractivity contribution in [2.24, 2.45) is 0 Å². The summed E-state index contributed by atoms with van der Waals surface area (Å²) in [7, 11) is 0. The molecule has 3 heterocycles. The van der Waals surface area contributed by atoms with Crippen LogP contribution in [0.4, 0.5) is 0 Å². The number of aliphatic hydroxyl groups is 1. The minimum absolute atomic E-state index is 0.122. The van der Waals surface area contributed by atoms with Crippen molar-refractivity contribution >= 4 is 27.9 Å². The number of pyridine rings is 1. The number of H-pyrrole nitrogens is 1. The molecule has 0 spiro atoms. The third-order valence-electron chi connectivity index (χ3n) is 4.29. The Balaban J connectivity index is 1.95. The van der Waals surface area contributed by atoms with Gasteiger partial charge in [0.15, 0.2) is 0 Å². The first kappa shape index (κ1) is 14.7. The minimum Gasteiger partial charge on any atom is -0.508 e. The Hall–Kier alpha value is -2.92. The molecule has 0 atom stereocenters. The molecule has 1 aliphatic heterocycles. The molecule has 24 heavy (non-hydrogen) atoms. The molecule has 3 aromatic rings. The number of rotatable bonds is 3. The van der Waals surface area contributed by atoms with E-state index in [0.29, 0.717) is 13.2 Å². The van der Waals surface area contributed by atoms with Crippen LogP contribution >= 0.6 is 0 Å². The minimum atomic E-state index is 0.122. The normalized spacial score (nSPS) is 15.2. The van der Waals surface area contributed by atoms with Crippen LogP contribution in [0.5, 0.6) is 0 Å². The summed E-state index contributed by atoms with van der Waals surface area (Å²) in [5.74, 6) is 0.122. The molecule has 0 aliphatic carbocycles. The van der Waals surface area contributed by atoms with E-state index in [4.69, 9.17) is 9.72 Å². The van der Waals surface area contributed by atoms with Crippen molar-refractivity contribution in [1.29, 1.82) is 0 Å². The highest BCUT2D eigenvalue weighted by Gasteiger charge is 2.19. The number of allylic oxidation sites excluding steroid dienone is 3. The van der Waals surface area contributed by atoms with Crippen molar-refractivity contribution in [2.75, 3.05) is 6.61 Å². The van der Waals surface area contributed by atoms with Crippen molar-refractivity contribution in [3.63, 3.8) is 0 Å². The highest BCUT2D eigenvalue weighted by atomic mass is 16.5. The maximum atomic E-state index is 9.48. The largest absolute Gasteiger partial charge is 0.508 e. The lowest BCUT2D eigenvalue weighted by molar-refractivity contribution is 0.111. The molecule has 0 radical (unpaired) electrons. The number of hydrogen-bond acceptors (Lipinski definition) is 4. The molecule has 5 heteroatoms. The molecule has 2 aromatic heterocycles. The van der Waals surface area contributed by atoms with E-state index in [2.05, 4.69) is 16.8 Å². The molecule has 120 valence electrons. The van der Waals surface area contributed by atoms with Gasteiger partial charge in [-0.15, -0.1) is 0 Å². The van der Waals surface area contributed by atoms with E-state index in [1.54, 1.807) is 12.2 Å². The second-order valence-corrected chi connectivity index (χ2v) is 5.70. The van der Waals surface area contributed by atoms with E-state index >= 15 is 0 Å². The monoisotopic (exact) mass is 319 g/mol. The van der Waals surface area contributed by atoms with Gasteiger partial charge in [-0.1, -0.05) is 12.7 Å². The van der Waals surface area contributed by atoms with Gasteiger partial charge in [-0.05, 0) is 42.3 Å². The van der Waals surface area contributed by atoms with Gasteiger partial charge in [-0.2, -0.15) is 5.10 Å². The molecule has 5 nitrogen and oxygen atoms in total. The lowest BCUT2D eigenvalue weighted by atomic mass is 9.94. The summed E-state index contributed by atoms with van der Waals surface area (Å²) in [6.07, 6.45) is 9.37. The topological polar surface area (TPSA) is 71.0 Å². The van der Waals surface area contributed by atoms with Crippen LogP contribution in [-0.4, -0.2) is 26.9 Å². The predicted molar refractivity (Wildman–Crippen MR) is 94.7 cm³/mol. The van der Waals surface area contributed by atoms with Crippen LogP contribution in [0.15, 0.2) is 48.9 Å². The lowest BCUT2D eigenvalue weighted by Crippen LogP contribution is -2.13. The van der Waals surface area contributed by atoms with Crippen LogP contribution in [0.2, 0.25) is 0 Å². The average Bonchev–Trinajstić information content (AvgIpc) is 3.10. The first-order valence-electron chi connectivity index (χ1n) is 7.83. The van der Waals surface area contributed by atoms with E-state index in [1.807, 2.05) is 24.4 Å². The van der Waals surface area contributed by atoms with Gasteiger partial charge in [0.05, 0.1) is 36.1 Å². The number of nitrogens with zero attached hydrogens (tertiary/aromatic N) is 2. The van der Waals surface area contributed by atoms with Crippen molar-refractivity contribution < 1.29 is 9.84 Å². The first-order chi connectivity index (χ1) is 11.8. The third-order valence-corrected chi connectivity index (χ3v) is 4.29. The summed E-state index contributed by atoms with van der Waals surface area (Å²) in [4.78, 5) is 4.80. The molecule has 2 N–H and O–H groups in total. The summed E-state index contributed by atoms with van der Waals surface area (Å²) < 4.78 is 5.65. The maximum absolute atomic E-state index is 9.48. The molecule has 0 unspecified atom stereocenters. The number of nitrogens with one attached hydrogen (secondary N) is 1. The summed E-state index contributed by atoms with van der Waals surface area (Å²) in [5.41, 5.74) is 5.20. The quantitative estimate of drug-likeness (QED) is 0.568. The van der Waals surface area contributed by atoms with E-state index in [9.17, 15) is 5.11 Å². The van der Waals surface area contributed by atoms with Gasteiger partial charge in [0.25, 0.3) is 0 Å². The predicted octanol–water partition coefficient (Wildman–Crippen LogP) is 3.82.